The molecule has 0 N–H and O–H groups in total. The monoisotopic (exact) mass is 200 g/mol. The summed E-state index contributed by atoms with van der Waals surface area (Å²) in [5.74, 6) is 1.03. The maximum absolute atomic E-state index is 11.7. The van der Waals surface area contributed by atoms with Gasteiger partial charge in [0.1, 0.15) is 0 Å². The molecule has 1 heterocycles. The molecule has 1 aromatic carbocycles. The summed E-state index contributed by atoms with van der Waals surface area (Å²) in [4.78, 5) is 0. The van der Waals surface area contributed by atoms with Gasteiger partial charge in [0, 0.05) is 7.11 Å². The van der Waals surface area contributed by atoms with Gasteiger partial charge in [-0.1, -0.05) is 12.1 Å². The Bertz CT molecular complexity index is 334. The molecule has 1 aliphatic rings. The Morgan fingerprint density at radius 3 is 2.31 bits per heavy atom. The summed E-state index contributed by atoms with van der Waals surface area (Å²) < 4.78 is 26.7. The van der Waals surface area contributed by atoms with Gasteiger partial charge < -0.3 is 13.8 Å². The number of para-hydroxylation sites is 2. The highest BCUT2D eigenvalue weighted by Crippen LogP contribution is 2.57. The van der Waals surface area contributed by atoms with Crippen LogP contribution in [0.1, 0.15) is 0 Å². The highest BCUT2D eigenvalue weighted by molar-refractivity contribution is 7.54. The molecule has 0 bridgehead atoms. The van der Waals surface area contributed by atoms with Gasteiger partial charge in [-0.3, -0.25) is 0 Å². The van der Waals surface area contributed by atoms with Crippen molar-refractivity contribution < 1.29 is 18.3 Å². The summed E-state index contributed by atoms with van der Waals surface area (Å²) in [7, 11) is -1.62. The zero-order valence-corrected chi connectivity index (χ0v) is 7.99. The van der Waals surface area contributed by atoms with Crippen LogP contribution in [0, 0.1) is 0 Å². The van der Waals surface area contributed by atoms with Gasteiger partial charge in [0.05, 0.1) is 0 Å². The van der Waals surface area contributed by atoms with Gasteiger partial charge in [0.2, 0.25) is 0 Å². The quantitative estimate of drug-likeness (QED) is 0.687. The summed E-state index contributed by atoms with van der Waals surface area (Å²) in [5.41, 5.74) is 0. The standard InChI is InChI=1S/C8H9O4P/c1-10-6-13(9)11-7-4-2-3-5-8(7)12-13/h2-5H,6H2,1H3. The van der Waals surface area contributed by atoms with E-state index >= 15 is 0 Å². The van der Waals surface area contributed by atoms with Crippen molar-refractivity contribution in [2.45, 2.75) is 0 Å². The first-order valence-electron chi connectivity index (χ1n) is 3.80. The molecule has 1 aliphatic heterocycles. The van der Waals surface area contributed by atoms with Crippen LogP contribution in [0.3, 0.4) is 0 Å². The lowest BCUT2D eigenvalue weighted by molar-refractivity contribution is 0.228. The third-order valence-corrected chi connectivity index (χ3v) is 3.14. The van der Waals surface area contributed by atoms with Crippen molar-refractivity contribution in [3.05, 3.63) is 24.3 Å². The van der Waals surface area contributed by atoms with E-state index in [0.29, 0.717) is 11.5 Å². The zero-order chi connectivity index (χ0) is 9.31. The van der Waals surface area contributed by atoms with E-state index in [1.165, 1.54) is 7.11 Å². The van der Waals surface area contributed by atoms with Crippen LogP contribution in [0.25, 0.3) is 0 Å². The third kappa shape index (κ3) is 1.55. The number of fused-ring (bicyclic) bond motifs is 1. The first-order valence-corrected chi connectivity index (χ1v) is 5.52. The highest BCUT2D eigenvalue weighted by Gasteiger charge is 2.36. The second-order valence-corrected chi connectivity index (χ2v) is 4.50. The van der Waals surface area contributed by atoms with Crippen molar-refractivity contribution in [1.82, 2.24) is 0 Å². The zero-order valence-electron chi connectivity index (χ0n) is 7.10. The summed E-state index contributed by atoms with van der Waals surface area (Å²) >= 11 is 0. The number of methoxy groups -OCH3 is 1. The molecule has 0 spiro atoms. The Balaban J connectivity index is 2.27. The molecule has 0 radical (unpaired) electrons. The van der Waals surface area contributed by atoms with Crippen molar-refractivity contribution in [1.29, 1.82) is 0 Å². The van der Waals surface area contributed by atoms with Gasteiger partial charge in [-0.15, -0.1) is 0 Å². The van der Waals surface area contributed by atoms with E-state index in [4.69, 9.17) is 13.8 Å². The minimum atomic E-state index is -3.07. The van der Waals surface area contributed by atoms with Crippen LogP contribution >= 0.6 is 7.60 Å². The number of rotatable bonds is 2. The average Bonchev–Trinajstić information content (AvgIpc) is 2.40. The Morgan fingerprint density at radius 1 is 1.31 bits per heavy atom. The molecular formula is C8H9O4P. The Morgan fingerprint density at radius 2 is 1.85 bits per heavy atom. The lowest BCUT2D eigenvalue weighted by Crippen LogP contribution is -1.98. The third-order valence-electron chi connectivity index (χ3n) is 1.61. The van der Waals surface area contributed by atoms with Crippen LogP contribution < -0.4 is 9.05 Å². The fourth-order valence-electron chi connectivity index (χ4n) is 1.13. The second-order valence-electron chi connectivity index (χ2n) is 2.66. The largest absolute Gasteiger partial charge is 0.456 e. The van der Waals surface area contributed by atoms with Crippen molar-refractivity contribution in [2.75, 3.05) is 13.5 Å². The molecule has 2 rings (SSSR count). The van der Waals surface area contributed by atoms with Crippen LogP contribution in [0.15, 0.2) is 24.3 Å². The normalized spacial score (nSPS) is 17.3. The number of hydrogen-bond donors (Lipinski definition) is 0. The fraction of sp³-hybridized carbons (Fsp3) is 0.250. The summed E-state index contributed by atoms with van der Waals surface area (Å²) in [6.45, 7) is 0. The molecule has 0 unspecified atom stereocenters. The number of benzene rings is 1. The van der Waals surface area contributed by atoms with Crippen LogP contribution in [0.5, 0.6) is 11.5 Å². The predicted octanol–water partition coefficient (Wildman–Crippen LogP) is 2.25. The van der Waals surface area contributed by atoms with Crippen LogP contribution in [0.2, 0.25) is 0 Å². The molecule has 70 valence electrons. The summed E-state index contributed by atoms with van der Waals surface area (Å²) in [5, 5.41) is 0. The number of hydrogen-bond acceptors (Lipinski definition) is 4. The fourth-order valence-corrected chi connectivity index (χ4v) is 2.49. The topological polar surface area (TPSA) is 44.8 Å². The Hall–Kier alpha value is -0.990. The molecule has 13 heavy (non-hydrogen) atoms. The van der Waals surface area contributed by atoms with Crippen LogP contribution in [-0.2, 0) is 9.30 Å². The van der Waals surface area contributed by atoms with E-state index in [2.05, 4.69) is 0 Å². The van der Waals surface area contributed by atoms with E-state index in [1.807, 2.05) is 0 Å². The summed E-state index contributed by atoms with van der Waals surface area (Å²) in [6.07, 6.45) is -0.0261. The van der Waals surface area contributed by atoms with E-state index in [1.54, 1.807) is 24.3 Å². The molecule has 0 fully saturated rings. The molecule has 0 aromatic heterocycles. The summed E-state index contributed by atoms with van der Waals surface area (Å²) in [6, 6.07) is 7.02. The van der Waals surface area contributed by atoms with Gasteiger partial charge in [0.15, 0.2) is 17.8 Å². The maximum atomic E-state index is 11.7. The molecule has 0 saturated heterocycles. The minimum Gasteiger partial charge on any atom is -0.411 e. The molecule has 5 heteroatoms. The SMILES string of the molecule is COCP1(=O)Oc2ccccc2O1. The average molecular weight is 200 g/mol. The van der Waals surface area contributed by atoms with Crippen molar-refractivity contribution in [3.63, 3.8) is 0 Å². The van der Waals surface area contributed by atoms with Gasteiger partial charge in [-0.2, -0.15) is 0 Å². The van der Waals surface area contributed by atoms with Crippen LogP contribution in [-0.4, -0.2) is 13.5 Å². The van der Waals surface area contributed by atoms with Crippen molar-refractivity contribution in [3.8, 4) is 11.5 Å². The Kier molecular flexibility index (Phi) is 2.02. The van der Waals surface area contributed by atoms with Crippen molar-refractivity contribution >= 4 is 7.60 Å². The molecule has 0 atom stereocenters. The van der Waals surface area contributed by atoms with E-state index in [9.17, 15) is 4.57 Å². The minimum absolute atomic E-state index is 0.0261. The smallest absolute Gasteiger partial charge is 0.411 e. The van der Waals surface area contributed by atoms with E-state index in [0.717, 1.165) is 0 Å². The van der Waals surface area contributed by atoms with E-state index in [-0.39, 0.29) is 6.35 Å². The molecule has 0 saturated carbocycles. The lowest BCUT2D eigenvalue weighted by atomic mass is 10.3. The van der Waals surface area contributed by atoms with Gasteiger partial charge in [-0.25, -0.2) is 4.57 Å². The van der Waals surface area contributed by atoms with Crippen molar-refractivity contribution in [2.24, 2.45) is 0 Å². The maximum Gasteiger partial charge on any atom is 0.456 e. The molecular weight excluding hydrogens is 191 g/mol. The number of ether oxygens (including phenoxy) is 1. The van der Waals surface area contributed by atoms with Gasteiger partial charge in [-0.05, 0) is 12.1 Å². The second kappa shape index (κ2) is 3.05. The van der Waals surface area contributed by atoms with E-state index < -0.39 is 7.60 Å². The predicted molar refractivity (Wildman–Crippen MR) is 47.2 cm³/mol. The molecule has 0 amide bonds. The Labute approximate surface area is 76.0 Å². The molecule has 0 aliphatic carbocycles. The van der Waals surface area contributed by atoms with Gasteiger partial charge in [0.25, 0.3) is 0 Å². The molecule has 4 nitrogen and oxygen atoms in total. The van der Waals surface area contributed by atoms with Gasteiger partial charge >= 0.3 is 7.60 Å². The lowest BCUT2D eigenvalue weighted by Gasteiger charge is -2.07. The first-order chi connectivity index (χ1) is 6.23. The first kappa shape index (κ1) is 8.60. The highest BCUT2D eigenvalue weighted by atomic mass is 31.2. The molecule has 1 aromatic rings. The van der Waals surface area contributed by atoms with Crippen LogP contribution in [0.4, 0.5) is 0 Å².